The van der Waals surface area contributed by atoms with E-state index in [9.17, 15) is 32.3 Å². The van der Waals surface area contributed by atoms with E-state index in [1.165, 1.54) is 24.4 Å². The number of rotatable bonds is 5. The topological polar surface area (TPSA) is 122 Å². The highest BCUT2D eigenvalue weighted by Crippen LogP contribution is 2.34. The number of primary amides is 1. The number of hydrogen-bond donors (Lipinski definition) is 3. The third-order valence-corrected chi connectivity index (χ3v) is 5.36. The van der Waals surface area contributed by atoms with Crippen molar-refractivity contribution in [1.82, 2.24) is 10.2 Å². The Morgan fingerprint density at radius 1 is 1.27 bits per heavy atom. The summed E-state index contributed by atoms with van der Waals surface area (Å²) >= 11 is 1.02. The molecule has 4 N–H and O–H groups in total. The number of thiophene rings is 1. The molecule has 1 fully saturated rings. The maximum atomic E-state index is 13.0. The zero-order valence-electron chi connectivity index (χ0n) is 15.4. The van der Waals surface area contributed by atoms with Crippen LogP contribution in [0.3, 0.4) is 0 Å². The number of carbonyl (C=O) groups is 4. The van der Waals surface area contributed by atoms with Gasteiger partial charge in [0, 0.05) is 0 Å². The van der Waals surface area contributed by atoms with Gasteiger partial charge in [0.15, 0.2) is 0 Å². The number of nitrogens with two attached hydrogens (primary N) is 1. The number of urea groups is 1. The first-order chi connectivity index (χ1) is 13.9. The van der Waals surface area contributed by atoms with E-state index < -0.39 is 47.6 Å². The average Bonchev–Trinajstić information content (AvgIpc) is 3.20. The Bertz CT molecular complexity index is 1050. The van der Waals surface area contributed by atoms with E-state index in [-0.39, 0.29) is 16.1 Å². The van der Waals surface area contributed by atoms with E-state index in [0.717, 1.165) is 29.5 Å². The number of amides is 5. The average molecular weight is 440 g/mol. The zero-order valence-corrected chi connectivity index (χ0v) is 16.2. The van der Waals surface area contributed by atoms with E-state index in [4.69, 9.17) is 5.73 Å². The predicted octanol–water partition coefficient (Wildman–Crippen LogP) is 2.27. The van der Waals surface area contributed by atoms with Gasteiger partial charge < -0.3 is 16.4 Å². The molecule has 1 aromatic carbocycles. The molecule has 30 heavy (non-hydrogen) atoms. The normalized spacial score (nSPS) is 19.0. The van der Waals surface area contributed by atoms with Crippen molar-refractivity contribution in [3.63, 3.8) is 0 Å². The standard InChI is InChI=1S/C18H15F3N4O4S/c1-17(9-3-2-4-10(7-9)18(19,20)21)15(28)25(16(29)24-17)8-12(26)23-14-11(13(22)27)5-6-30-14/h2-7H,8H2,1H3,(H2,22,27)(H,23,26)(H,24,29). The first-order valence-corrected chi connectivity index (χ1v) is 9.30. The fourth-order valence-electron chi connectivity index (χ4n) is 2.95. The minimum Gasteiger partial charge on any atom is -0.366 e. The Hall–Kier alpha value is -3.41. The van der Waals surface area contributed by atoms with Crippen LogP contribution in [0.2, 0.25) is 0 Å². The fraction of sp³-hybridized carbons (Fsp3) is 0.222. The molecule has 0 bridgehead atoms. The number of nitrogens with one attached hydrogen (secondary N) is 2. The van der Waals surface area contributed by atoms with Gasteiger partial charge in [-0.05, 0) is 36.1 Å². The molecule has 1 saturated heterocycles. The summed E-state index contributed by atoms with van der Waals surface area (Å²) in [5.41, 5.74) is 2.43. The van der Waals surface area contributed by atoms with E-state index >= 15 is 0 Å². The second kappa shape index (κ2) is 7.44. The summed E-state index contributed by atoms with van der Waals surface area (Å²) in [6.07, 6.45) is -4.63. The summed E-state index contributed by atoms with van der Waals surface area (Å²) in [5.74, 6) is -2.43. The van der Waals surface area contributed by atoms with Gasteiger partial charge in [0.25, 0.3) is 11.8 Å². The smallest absolute Gasteiger partial charge is 0.366 e. The molecule has 1 aliphatic rings. The SMILES string of the molecule is CC1(c2cccc(C(F)(F)F)c2)NC(=O)N(CC(=O)Nc2sccc2C(N)=O)C1=O. The van der Waals surface area contributed by atoms with Crippen molar-refractivity contribution >= 4 is 40.1 Å². The van der Waals surface area contributed by atoms with Crippen molar-refractivity contribution in [3.8, 4) is 0 Å². The summed E-state index contributed by atoms with van der Waals surface area (Å²) in [6.45, 7) is 0.556. The van der Waals surface area contributed by atoms with Crippen LogP contribution in [0.1, 0.15) is 28.4 Å². The quantitative estimate of drug-likeness (QED) is 0.618. The van der Waals surface area contributed by atoms with Crippen LogP contribution in [-0.4, -0.2) is 35.2 Å². The molecule has 1 aliphatic heterocycles. The monoisotopic (exact) mass is 440 g/mol. The van der Waals surface area contributed by atoms with Crippen molar-refractivity contribution < 1.29 is 32.3 Å². The summed E-state index contributed by atoms with van der Waals surface area (Å²) in [5, 5.41) is 6.40. The van der Waals surface area contributed by atoms with Gasteiger partial charge in [-0.2, -0.15) is 13.2 Å². The van der Waals surface area contributed by atoms with Gasteiger partial charge in [0.2, 0.25) is 5.91 Å². The molecule has 0 spiro atoms. The van der Waals surface area contributed by atoms with Gasteiger partial charge in [-0.3, -0.25) is 19.3 Å². The fourth-order valence-corrected chi connectivity index (χ4v) is 3.76. The minimum atomic E-state index is -4.63. The Kier molecular flexibility index (Phi) is 5.29. The maximum Gasteiger partial charge on any atom is 0.416 e. The van der Waals surface area contributed by atoms with Crippen LogP contribution < -0.4 is 16.4 Å². The van der Waals surface area contributed by atoms with Crippen molar-refractivity contribution in [2.45, 2.75) is 18.6 Å². The molecule has 8 nitrogen and oxygen atoms in total. The lowest BCUT2D eigenvalue weighted by Gasteiger charge is -2.23. The number of halogens is 3. The van der Waals surface area contributed by atoms with Gasteiger partial charge in [-0.15, -0.1) is 11.3 Å². The lowest BCUT2D eigenvalue weighted by molar-refractivity contribution is -0.138. The summed E-state index contributed by atoms with van der Waals surface area (Å²) in [7, 11) is 0. The van der Waals surface area contributed by atoms with Gasteiger partial charge in [-0.1, -0.05) is 12.1 Å². The number of imide groups is 1. The summed E-state index contributed by atoms with van der Waals surface area (Å²) in [4.78, 5) is 49.3. The first kappa shape index (κ1) is 21.3. The summed E-state index contributed by atoms with van der Waals surface area (Å²) < 4.78 is 39.0. The zero-order chi connectivity index (χ0) is 22.3. The van der Waals surface area contributed by atoms with E-state index in [1.54, 1.807) is 0 Å². The van der Waals surface area contributed by atoms with Gasteiger partial charge in [-0.25, -0.2) is 4.79 Å². The molecule has 12 heteroatoms. The Morgan fingerprint density at radius 3 is 2.60 bits per heavy atom. The molecule has 0 radical (unpaired) electrons. The molecule has 5 amide bonds. The first-order valence-electron chi connectivity index (χ1n) is 8.42. The molecular weight excluding hydrogens is 425 g/mol. The number of alkyl halides is 3. The van der Waals surface area contributed by atoms with Crippen LogP contribution in [0.4, 0.5) is 23.0 Å². The predicted molar refractivity (Wildman–Crippen MR) is 101 cm³/mol. The highest BCUT2D eigenvalue weighted by atomic mass is 32.1. The summed E-state index contributed by atoms with van der Waals surface area (Å²) in [6, 6.07) is 4.49. The highest BCUT2D eigenvalue weighted by molar-refractivity contribution is 7.14. The number of anilines is 1. The highest BCUT2D eigenvalue weighted by Gasteiger charge is 2.50. The van der Waals surface area contributed by atoms with Crippen LogP contribution in [0.5, 0.6) is 0 Å². The number of nitrogens with zero attached hydrogens (tertiary/aromatic N) is 1. The lowest BCUT2D eigenvalue weighted by Crippen LogP contribution is -2.42. The molecule has 1 atom stereocenters. The van der Waals surface area contributed by atoms with Crippen LogP contribution in [0.25, 0.3) is 0 Å². The van der Waals surface area contributed by atoms with Crippen LogP contribution in [-0.2, 0) is 21.3 Å². The number of benzene rings is 1. The van der Waals surface area contributed by atoms with E-state index in [1.807, 2.05) is 0 Å². The van der Waals surface area contributed by atoms with Crippen molar-refractivity contribution in [2.75, 3.05) is 11.9 Å². The number of carbonyl (C=O) groups excluding carboxylic acids is 4. The van der Waals surface area contributed by atoms with Crippen LogP contribution in [0, 0.1) is 0 Å². The Balaban J connectivity index is 1.80. The third-order valence-electron chi connectivity index (χ3n) is 4.53. The lowest BCUT2D eigenvalue weighted by atomic mass is 9.90. The second-order valence-electron chi connectivity index (χ2n) is 6.60. The molecule has 0 aliphatic carbocycles. The van der Waals surface area contributed by atoms with Crippen LogP contribution >= 0.6 is 11.3 Å². The van der Waals surface area contributed by atoms with Crippen molar-refractivity contribution in [1.29, 1.82) is 0 Å². The molecular formula is C18H15F3N4O4S. The largest absolute Gasteiger partial charge is 0.416 e. The molecule has 2 aromatic rings. The van der Waals surface area contributed by atoms with E-state index in [2.05, 4.69) is 10.6 Å². The van der Waals surface area contributed by atoms with Gasteiger partial charge in [0.1, 0.15) is 17.1 Å². The van der Waals surface area contributed by atoms with Crippen molar-refractivity contribution in [2.24, 2.45) is 5.73 Å². The number of hydrogen-bond acceptors (Lipinski definition) is 5. The minimum absolute atomic E-state index is 0.0688. The van der Waals surface area contributed by atoms with Crippen LogP contribution in [0.15, 0.2) is 35.7 Å². The molecule has 3 rings (SSSR count). The molecule has 2 heterocycles. The maximum absolute atomic E-state index is 13.0. The molecule has 1 unspecified atom stereocenters. The van der Waals surface area contributed by atoms with E-state index in [0.29, 0.717) is 4.90 Å². The van der Waals surface area contributed by atoms with Crippen molar-refractivity contribution in [3.05, 3.63) is 52.4 Å². The second-order valence-corrected chi connectivity index (χ2v) is 7.52. The van der Waals surface area contributed by atoms with Gasteiger partial charge in [0.05, 0.1) is 11.1 Å². The Morgan fingerprint density at radius 2 is 1.97 bits per heavy atom. The Labute approximate surface area is 171 Å². The third kappa shape index (κ3) is 3.85. The van der Waals surface area contributed by atoms with Gasteiger partial charge >= 0.3 is 12.2 Å². The molecule has 1 aromatic heterocycles. The molecule has 0 saturated carbocycles. The molecule has 158 valence electrons.